The fourth-order valence-electron chi connectivity index (χ4n) is 2.80. The van der Waals surface area contributed by atoms with E-state index in [0.717, 1.165) is 23.8 Å². The summed E-state index contributed by atoms with van der Waals surface area (Å²) in [5, 5.41) is 2.34. The quantitative estimate of drug-likeness (QED) is 0.775. The molecule has 20 heavy (non-hydrogen) atoms. The number of fused-ring (bicyclic) bond motifs is 2. The molecular formula is C15H14N2OS2. The number of hydrogen-bond acceptors (Lipinski definition) is 5. The van der Waals surface area contributed by atoms with Gasteiger partial charge in [0.25, 0.3) is 0 Å². The van der Waals surface area contributed by atoms with Gasteiger partial charge in [0.2, 0.25) is 0 Å². The summed E-state index contributed by atoms with van der Waals surface area (Å²) in [6.45, 7) is 4.06. The summed E-state index contributed by atoms with van der Waals surface area (Å²) in [4.78, 5) is 9.47. The van der Waals surface area contributed by atoms with Crippen LogP contribution in [0.2, 0.25) is 0 Å². The summed E-state index contributed by atoms with van der Waals surface area (Å²) in [5.41, 5.74) is 3.48. The van der Waals surface area contributed by atoms with Crippen LogP contribution < -0.4 is 0 Å². The molecule has 4 rings (SSSR count). The van der Waals surface area contributed by atoms with E-state index in [-0.39, 0.29) is 0 Å². The Labute approximate surface area is 126 Å². The molecule has 5 heteroatoms. The lowest BCUT2D eigenvalue weighted by Crippen LogP contribution is -2.20. The lowest BCUT2D eigenvalue weighted by molar-refractivity contribution is 0.614. The minimum Gasteiger partial charge on any atom is -0.464 e. The van der Waals surface area contributed by atoms with Crippen molar-refractivity contribution in [2.24, 2.45) is 4.99 Å². The minimum absolute atomic E-state index is 0.900. The summed E-state index contributed by atoms with van der Waals surface area (Å²) in [6, 6.07) is 6.46. The van der Waals surface area contributed by atoms with Gasteiger partial charge >= 0.3 is 0 Å². The van der Waals surface area contributed by atoms with Crippen molar-refractivity contribution < 1.29 is 4.42 Å². The zero-order valence-corrected chi connectivity index (χ0v) is 13.0. The molecule has 2 aromatic rings. The highest BCUT2D eigenvalue weighted by Gasteiger charge is 2.31. The first-order chi connectivity index (χ1) is 9.78. The molecule has 1 aromatic heterocycles. The molecule has 3 nitrogen and oxygen atoms in total. The number of allylic oxidation sites excluding steroid dienone is 1. The Hall–Kier alpha value is -1.33. The van der Waals surface area contributed by atoms with E-state index >= 15 is 0 Å². The SMILES string of the molecule is CSc1cc(C2=C(C)SC3=NCCN32)cc2occc12. The molecule has 0 atom stereocenters. The van der Waals surface area contributed by atoms with E-state index < -0.39 is 0 Å². The van der Waals surface area contributed by atoms with Crippen LogP contribution in [-0.2, 0) is 0 Å². The zero-order valence-electron chi connectivity index (χ0n) is 11.3. The third kappa shape index (κ3) is 1.73. The van der Waals surface area contributed by atoms with Gasteiger partial charge in [-0.15, -0.1) is 11.8 Å². The van der Waals surface area contributed by atoms with E-state index in [1.54, 1.807) is 29.8 Å². The van der Waals surface area contributed by atoms with Crippen molar-refractivity contribution in [1.29, 1.82) is 0 Å². The maximum Gasteiger partial charge on any atom is 0.168 e. The highest BCUT2D eigenvalue weighted by Crippen LogP contribution is 2.43. The molecule has 0 amide bonds. The van der Waals surface area contributed by atoms with Crippen molar-refractivity contribution in [3.63, 3.8) is 0 Å². The van der Waals surface area contributed by atoms with Crippen LogP contribution in [0.4, 0.5) is 0 Å². The number of nitrogens with zero attached hydrogens (tertiary/aromatic N) is 2. The number of hydrogen-bond donors (Lipinski definition) is 0. The van der Waals surface area contributed by atoms with Crippen molar-refractivity contribution in [2.45, 2.75) is 11.8 Å². The number of furan rings is 1. The van der Waals surface area contributed by atoms with Gasteiger partial charge in [-0.3, -0.25) is 4.99 Å². The Balaban J connectivity index is 1.90. The summed E-state index contributed by atoms with van der Waals surface area (Å²) < 4.78 is 5.62. The van der Waals surface area contributed by atoms with E-state index in [1.807, 2.05) is 6.07 Å². The molecule has 0 fully saturated rings. The first kappa shape index (κ1) is 12.4. The van der Waals surface area contributed by atoms with E-state index in [2.05, 4.69) is 35.2 Å². The van der Waals surface area contributed by atoms with Crippen LogP contribution in [-0.4, -0.2) is 29.4 Å². The summed E-state index contributed by atoms with van der Waals surface area (Å²) in [5.74, 6) is 0. The van der Waals surface area contributed by atoms with Gasteiger partial charge in [-0.05, 0) is 31.4 Å². The number of benzene rings is 1. The second-order valence-electron chi connectivity index (χ2n) is 4.83. The number of aliphatic imine (C=N–C) groups is 1. The van der Waals surface area contributed by atoms with Crippen LogP contribution in [0.15, 0.2) is 43.7 Å². The Morgan fingerprint density at radius 2 is 2.30 bits per heavy atom. The normalized spacial score (nSPS) is 18.1. The van der Waals surface area contributed by atoms with Gasteiger partial charge in [-0.1, -0.05) is 11.8 Å². The van der Waals surface area contributed by atoms with Crippen LogP contribution in [0.5, 0.6) is 0 Å². The van der Waals surface area contributed by atoms with Gasteiger partial charge in [0.1, 0.15) is 5.58 Å². The predicted molar refractivity (Wildman–Crippen MR) is 87.2 cm³/mol. The Kier molecular flexibility index (Phi) is 2.86. The maximum absolute atomic E-state index is 5.62. The fraction of sp³-hybridized carbons (Fsp3) is 0.267. The summed E-state index contributed by atoms with van der Waals surface area (Å²) in [7, 11) is 0. The third-order valence-corrected chi connectivity index (χ3v) is 5.49. The van der Waals surface area contributed by atoms with Gasteiger partial charge in [-0.25, -0.2) is 0 Å². The summed E-state index contributed by atoms with van der Waals surface area (Å²) >= 11 is 3.54. The van der Waals surface area contributed by atoms with E-state index in [9.17, 15) is 0 Å². The molecule has 0 radical (unpaired) electrons. The maximum atomic E-state index is 5.62. The molecule has 0 unspecified atom stereocenters. The first-order valence-electron chi connectivity index (χ1n) is 6.54. The van der Waals surface area contributed by atoms with Crippen LogP contribution in [0.1, 0.15) is 12.5 Å². The van der Waals surface area contributed by atoms with Crippen LogP contribution in [0.3, 0.4) is 0 Å². The van der Waals surface area contributed by atoms with Gasteiger partial charge in [0.05, 0.1) is 18.5 Å². The van der Waals surface area contributed by atoms with E-state index in [0.29, 0.717) is 0 Å². The van der Waals surface area contributed by atoms with Crippen molar-refractivity contribution in [3.05, 3.63) is 34.9 Å². The molecular weight excluding hydrogens is 288 g/mol. The Morgan fingerprint density at radius 3 is 3.15 bits per heavy atom. The van der Waals surface area contributed by atoms with Crippen molar-refractivity contribution in [2.75, 3.05) is 19.3 Å². The first-order valence-corrected chi connectivity index (χ1v) is 8.58. The van der Waals surface area contributed by atoms with Crippen LogP contribution in [0, 0.1) is 0 Å². The standard InChI is InChI=1S/C15H14N2OS2/c1-9-14(17-5-4-16-15(17)20-9)10-7-12-11(3-6-18-12)13(8-10)19-2/h3,6-8H,4-5H2,1-2H3. The molecule has 2 aliphatic heterocycles. The van der Waals surface area contributed by atoms with Gasteiger partial charge in [0, 0.05) is 27.3 Å². The van der Waals surface area contributed by atoms with E-state index in [4.69, 9.17) is 4.42 Å². The molecule has 0 aliphatic carbocycles. The minimum atomic E-state index is 0.900. The number of rotatable bonds is 2. The van der Waals surface area contributed by atoms with E-state index in [1.165, 1.54) is 26.4 Å². The predicted octanol–water partition coefficient (Wildman–Crippen LogP) is 4.26. The van der Waals surface area contributed by atoms with Gasteiger partial charge in [-0.2, -0.15) is 0 Å². The van der Waals surface area contributed by atoms with Crippen molar-refractivity contribution in [3.8, 4) is 0 Å². The Bertz CT molecular complexity index is 760. The number of thioether (sulfide) groups is 2. The smallest absolute Gasteiger partial charge is 0.168 e. The topological polar surface area (TPSA) is 28.7 Å². The zero-order chi connectivity index (χ0) is 13.7. The second kappa shape index (κ2) is 4.60. The number of amidine groups is 1. The highest BCUT2D eigenvalue weighted by molar-refractivity contribution is 8.17. The molecule has 1 aromatic carbocycles. The fourth-order valence-corrected chi connectivity index (χ4v) is 4.48. The van der Waals surface area contributed by atoms with Crippen LogP contribution in [0.25, 0.3) is 16.7 Å². The lowest BCUT2D eigenvalue weighted by Gasteiger charge is -2.17. The monoisotopic (exact) mass is 302 g/mol. The third-order valence-electron chi connectivity index (χ3n) is 3.68. The molecule has 0 N–H and O–H groups in total. The average molecular weight is 302 g/mol. The molecule has 102 valence electrons. The van der Waals surface area contributed by atoms with Gasteiger partial charge in [0.15, 0.2) is 5.17 Å². The van der Waals surface area contributed by atoms with Crippen molar-refractivity contribution in [1.82, 2.24) is 4.90 Å². The lowest BCUT2D eigenvalue weighted by atomic mass is 10.1. The molecule has 0 saturated carbocycles. The Morgan fingerprint density at radius 1 is 1.40 bits per heavy atom. The van der Waals surface area contributed by atoms with Gasteiger partial charge < -0.3 is 9.32 Å². The average Bonchev–Trinajstić information content (AvgIpc) is 3.11. The molecule has 0 spiro atoms. The highest BCUT2D eigenvalue weighted by atomic mass is 32.2. The molecule has 2 aliphatic rings. The van der Waals surface area contributed by atoms with Crippen LogP contribution >= 0.6 is 23.5 Å². The molecule has 0 bridgehead atoms. The largest absolute Gasteiger partial charge is 0.464 e. The molecule has 0 saturated heterocycles. The molecule has 3 heterocycles. The second-order valence-corrected chi connectivity index (χ2v) is 6.86. The summed E-state index contributed by atoms with van der Waals surface area (Å²) in [6.07, 6.45) is 3.88. The van der Waals surface area contributed by atoms with Crippen molar-refractivity contribution >= 4 is 45.4 Å².